The Balaban J connectivity index is 2.13. The van der Waals surface area contributed by atoms with Crippen molar-refractivity contribution in [2.24, 2.45) is 5.92 Å². The number of likely N-dealkylation sites (tertiary alicyclic amines) is 1. The van der Waals surface area contributed by atoms with E-state index in [0.29, 0.717) is 12.0 Å². The zero-order valence-electron chi connectivity index (χ0n) is 10.7. The van der Waals surface area contributed by atoms with Crippen molar-refractivity contribution in [2.75, 3.05) is 6.54 Å². The zero-order chi connectivity index (χ0) is 12.3. The highest BCUT2D eigenvalue weighted by Crippen LogP contribution is 2.29. The molecule has 0 amide bonds. The van der Waals surface area contributed by atoms with Crippen LogP contribution in [0, 0.1) is 5.92 Å². The molecular weight excluding hydrogens is 210 g/mol. The molecule has 17 heavy (non-hydrogen) atoms. The second-order valence-corrected chi connectivity index (χ2v) is 5.16. The fourth-order valence-electron chi connectivity index (χ4n) is 2.74. The highest BCUT2D eigenvalue weighted by atomic mass is 16.1. The fourth-order valence-corrected chi connectivity index (χ4v) is 2.74. The smallest absolute Gasteiger partial charge is 0.137 e. The van der Waals surface area contributed by atoms with Gasteiger partial charge in [-0.05, 0) is 37.8 Å². The van der Waals surface area contributed by atoms with Gasteiger partial charge in [-0.25, -0.2) is 0 Å². The fraction of sp³-hybridized carbons (Fsp3) is 0.533. The lowest BCUT2D eigenvalue weighted by Crippen LogP contribution is -2.44. The van der Waals surface area contributed by atoms with E-state index in [1.807, 2.05) is 6.07 Å². The van der Waals surface area contributed by atoms with Gasteiger partial charge in [0.1, 0.15) is 6.29 Å². The average molecular weight is 231 g/mol. The Morgan fingerprint density at radius 3 is 2.71 bits per heavy atom. The summed E-state index contributed by atoms with van der Waals surface area (Å²) in [5, 5.41) is 0. The lowest BCUT2D eigenvalue weighted by Gasteiger charge is -2.39. The summed E-state index contributed by atoms with van der Waals surface area (Å²) < 4.78 is 0. The summed E-state index contributed by atoms with van der Waals surface area (Å²) in [6.07, 6.45) is 3.32. The Morgan fingerprint density at radius 1 is 1.35 bits per heavy atom. The molecule has 1 aliphatic rings. The van der Waals surface area contributed by atoms with Crippen molar-refractivity contribution in [3.63, 3.8) is 0 Å². The third kappa shape index (κ3) is 2.75. The molecule has 0 radical (unpaired) electrons. The molecule has 0 bridgehead atoms. The van der Waals surface area contributed by atoms with E-state index in [1.165, 1.54) is 12.0 Å². The minimum absolute atomic E-state index is 0.0916. The van der Waals surface area contributed by atoms with E-state index in [4.69, 9.17) is 0 Å². The van der Waals surface area contributed by atoms with E-state index in [0.717, 1.165) is 19.3 Å². The first kappa shape index (κ1) is 12.3. The summed E-state index contributed by atoms with van der Waals surface area (Å²) in [6, 6.07) is 10.9. The standard InChI is InChI=1S/C15H21NO/c1-12-8-9-16(15(10-12)11-17)13(2)14-6-4-3-5-7-14/h3-7,11-13,15H,8-10H2,1-2H3. The molecule has 1 aromatic carbocycles. The van der Waals surface area contributed by atoms with Gasteiger partial charge in [0.2, 0.25) is 0 Å². The summed E-state index contributed by atoms with van der Waals surface area (Å²) in [5.74, 6) is 0.671. The number of hydrogen-bond acceptors (Lipinski definition) is 2. The quantitative estimate of drug-likeness (QED) is 0.745. The number of aldehydes is 1. The molecular formula is C15H21NO. The number of carbonyl (C=O) groups excluding carboxylic acids is 1. The maximum Gasteiger partial charge on any atom is 0.137 e. The van der Waals surface area contributed by atoms with Crippen LogP contribution < -0.4 is 0 Å². The van der Waals surface area contributed by atoms with E-state index in [1.54, 1.807) is 0 Å². The third-order valence-corrected chi connectivity index (χ3v) is 3.89. The van der Waals surface area contributed by atoms with Crippen LogP contribution in [0.2, 0.25) is 0 Å². The number of hydrogen-bond donors (Lipinski definition) is 0. The Labute approximate surface area is 104 Å². The summed E-state index contributed by atoms with van der Waals surface area (Å²) in [5.41, 5.74) is 1.30. The monoisotopic (exact) mass is 231 g/mol. The molecule has 1 heterocycles. The van der Waals surface area contributed by atoms with Crippen LogP contribution in [-0.4, -0.2) is 23.8 Å². The van der Waals surface area contributed by atoms with Gasteiger partial charge in [-0.3, -0.25) is 4.90 Å². The van der Waals surface area contributed by atoms with Crippen LogP contribution in [-0.2, 0) is 4.79 Å². The second-order valence-electron chi connectivity index (χ2n) is 5.16. The Bertz CT molecular complexity index is 362. The molecule has 0 aromatic heterocycles. The molecule has 0 saturated carbocycles. The number of piperidine rings is 1. The summed E-state index contributed by atoms with van der Waals surface area (Å²) >= 11 is 0. The number of benzene rings is 1. The molecule has 0 aliphatic carbocycles. The molecule has 1 aliphatic heterocycles. The molecule has 0 N–H and O–H groups in total. The first-order valence-electron chi connectivity index (χ1n) is 6.48. The van der Waals surface area contributed by atoms with Crippen molar-refractivity contribution in [3.05, 3.63) is 35.9 Å². The first-order valence-corrected chi connectivity index (χ1v) is 6.48. The summed E-state index contributed by atoms with van der Waals surface area (Å²) in [4.78, 5) is 13.5. The molecule has 1 aromatic rings. The minimum Gasteiger partial charge on any atom is -0.302 e. The molecule has 92 valence electrons. The van der Waals surface area contributed by atoms with Gasteiger partial charge in [0.15, 0.2) is 0 Å². The van der Waals surface area contributed by atoms with Crippen molar-refractivity contribution in [3.8, 4) is 0 Å². The maximum atomic E-state index is 11.2. The van der Waals surface area contributed by atoms with E-state index in [-0.39, 0.29) is 6.04 Å². The molecule has 3 unspecified atom stereocenters. The van der Waals surface area contributed by atoms with Crippen LogP contribution in [0.15, 0.2) is 30.3 Å². The Kier molecular flexibility index (Phi) is 3.95. The lowest BCUT2D eigenvalue weighted by molar-refractivity contribution is -0.115. The molecule has 2 rings (SSSR count). The van der Waals surface area contributed by atoms with Crippen LogP contribution >= 0.6 is 0 Å². The van der Waals surface area contributed by atoms with Crippen molar-refractivity contribution < 1.29 is 4.79 Å². The highest BCUT2D eigenvalue weighted by Gasteiger charge is 2.29. The van der Waals surface area contributed by atoms with E-state index in [9.17, 15) is 4.79 Å². The molecule has 3 atom stereocenters. The lowest BCUT2D eigenvalue weighted by atomic mass is 9.91. The van der Waals surface area contributed by atoms with E-state index in [2.05, 4.69) is 43.0 Å². The third-order valence-electron chi connectivity index (χ3n) is 3.89. The topological polar surface area (TPSA) is 20.3 Å². The van der Waals surface area contributed by atoms with Crippen molar-refractivity contribution in [1.82, 2.24) is 4.90 Å². The normalized spacial score (nSPS) is 27.6. The van der Waals surface area contributed by atoms with Crippen LogP contribution in [0.25, 0.3) is 0 Å². The van der Waals surface area contributed by atoms with Crippen molar-refractivity contribution in [1.29, 1.82) is 0 Å². The van der Waals surface area contributed by atoms with Crippen molar-refractivity contribution >= 4 is 6.29 Å². The van der Waals surface area contributed by atoms with Gasteiger partial charge in [0.05, 0.1) is 6.04 Å². The van der Waals surface area contributed by atoms with E-state index >= 15 is 0 Å². The molecule has 1 saturated heterocycles. The van der Waals surface area contributed by atoms with Gasteiger partial charge in [-0.1, -0.05) is 37.3 Å². The molecule has 0 spiro atoms. The number of nitrogens with zero attached hydrogens (tertiary/aromatic N) is 1. The Morgan fingerprint density at radius 2 is 2.06 bits per heavy atom. The van der Waals surface area contributed by atoms with Crippen LogP contribution in [0.1, 0.15) is 38.3 Å². The van der Waals surface area contributed by atoms with Crippen molar-refractivity contribution in [2.45, 2.75) is 38.8 Å². The minimum atomic E-state index is 0.0916. The largest absolute Gasteiger partial charge is 0.302 e. The van der Waals surface area contributed by atoms with E-state index < -0.39 is 0 Å². The molecule has 1 fully saturated rings. The van der Waals surface area contributed by atoms with Crippen LogP contribution in [0.5, 0.6) is 0 Å². The van der Waals surface area contributed by atoms with Gasteiger partial charge in [-0.15, -0.1) is 0 Å². The second kappa shape index (κ2) is 5.46. The van der Waals surface area contributed by atoms with Gasteiger partial charge in [-0.2, -0.15) is 0 Å². The maximum absolute atomic E-state index is 11.2. The summed E-state index contributed by atoms with van der Waals surface area (Å²) in [6.45, 7) is 5.46. The van der Waals surface area contributed by atoms with Gasteiger partial charge in [0.25, 0.3) is 0 Å². The predicted octanol–water partition coefficient (Wildman–Crippen LogP) is 3.05. The molecule has 2 heteroatoms. The highest BCUT2D eigenvalue weighted by molar-refractivity contribution is 5.58. The van der Waals surface area contributed by atoms with Gasteiger partial charge < -0.3 is 4.79 Å². The summed E-state index contributed by atoms with van der Waals surface area (Å²) in [7, 11) is 0. The zero-order valence-corrected chi connectivity index (χ0v) is 10.7. The SMILES string of the molecule is CC1CCN(C(C)c2ccccc2)C(C=O)C1. The first-order chi connectivity index (χ1) is 8.22. The average Bonchev–Trinajstić information content (AvgIpc) is 2.39. The number of carbonyl (C=O) groups is 1. The van der Waals surface area contributed by atoms with Crippen LogP contribution in [0.4, 0.5) is 0 Å². The Hall–Kier alpha value is -1.15. The molecule has 2 nitrogen and oxygen atoms in total. The van der Waals surface area contributed by atoms with Crippen LogP contribution in [0.3, 0.4) is 0 Å². The van der Waals surface area contributed by atoms with Gasteiger partial charge >= 0.3 is 0 Å². The number of rotatable bonds is 3. The van der Waals surface area contributed by atoms with Gasteiger partial charge in [0, 0.05) is 6.04 Å². The predicted molar refractivity (Wildman–Crippen MR) is 69.8 cm³/mol.